The first kappa shape index (κ1) is 17.9. The molecule has 0 aliphatic heterocycles. The average Bonchev–Trinajstić information content (AvgIpc) is 2.37. The van der Waals surface area contributed by atoms with Crippen LogP contribution in [0, 0.1) is 11.7 Å². The minimum absolute atomic E-state index is 0.227. The zero-order valence-corrected chi connectivity index (χ0v) is 13.8. The highest BCUT2D eigenvalue weighted by molar-refractivity contribution is 5.29. The van der Waals surface area contributed by atoms with Gasteiger partial charge in [0, 0.05) is 26.1 Å². The Kier molecular flexibility index (Phi) is 7.12. The SMILES string of the molecule is COC(C)(C)CCOc1cc(F)cc(CNCC(C)C)c1. The van der Waals surface area contributed by atoms with Crippen molar-refractivity contribution in [1.82, 2.24) is 5.32 Å². The number of nitrogens with one attached hydrogen (secondary N) is 1. The summed E-state index contributed by atoms with van der Waals surface area (Å²) in [5.74, 6) is 0.883. The van der Waals surface area contributed by atoms with Gasteiger partial charge in [-0.25, -0.2) is 4.39 Å². The molecule has 120 valence electrons. The van der Waals surface area contributed by atoms with Gasteiger partial charge in [0.2, 0.25) is 0 Å². The van der Waals surface area contributed by atoms with Gasteiger partial charge in [-0.15, -0.1) is 0 Å². The fraction of sp³-hybridized carbons (Fsp3) is 0.647. The van der Waals surface area contributed by atoms with Gasteiger partial charge in [0.1, 0.15) is 11.6 Å². The molecule has 0 saturated heterocycles. The summed E-state index contributed by atoms with van der Waals surface area (Å²) in [7, 11) is 1.68. The maximum Gasteiger partial charge on any atom is 0.127 e. The fourth-order valence-corrected chi connectivity index (χ4v) is 1.83. The van der Waals surface area contributed by atoms with Crippen LogP contribution in [-0.4, -0.2) is 25.9 Å². The summed E-state index contributed by atoms with van der Waals surface area (Å²) in [6.07, 6.45) is 0.751. The Hall–Kier alpha value is -1.13. The molecule has 1 aromatic carbocycles. The molecule has 0 saturated carbocycles. The second-order valence-electron chi connectivity index (χ2n) is 6.38. The summed E-state index contributed by atoms with van der Waals surface area (Å²) < 4.78 is 24.6. The van der Waals surface area contributed by atoms with Crippen molar-refractivity contribution in [2.75, 3.05) is 20.3 Å². The van der Waals surface area contributed by atoms with Crippen LogP contribution in [0.2, 0.25) is 0 Å². The normalized spacial score (nSPS) is 12.0. The monoisotopic (exact) mass is 297 g/mol. The zero-order valence-electron chi connectivity index (χ0n) is 13.8. The van der Waals surface area contributed by atoms with Gasteiger partial charge in [0.15, 0.2) is 0 Å². The molecule has 0 heterocycles. The molecule has 0 fully saturated rings. The minimum Gasteiger partial charge on any atom is -0.493 e. The van der Waals surface area contributed by atoms with Crippen molar-refractivity contribution in [3.63, 3.8) is 0 Å². The van der Waals surface area contributed by atoms with Gasteiger partial charge in [0.25, 0.3) is 0 Å². The number of benzene rings is 1. The van der Waals surface area contributed by atoms with Gasteiger partial charge in [0.05, 0.1) is 12.2 Å². The Morgan fingerprint density at radius 1 is 1.24 bits per heavy atom. The van der Waals surface area contributed by atoms with Crippen LogP contribution in [0.3, 0.4) is 0 Å². The topological polar surface area (TPSA) is 30.5 Å². The Morgan fingerprint density at radius 2 is 1.95 bits per heavy atom. The van der Waals surface area contributed by atoms with Crippen molar-refractivity contribution in [1.29, 1.82) is 0 Å². The Morgan fingerprint density at radius 3 is 2.57 bits per heavy atom. The molecular weight excluding hydrogens is 269 g/mol. The van der Waals surface area contributed by atoms with Crippen LogP contribution in [0.15, 0.2) is 18.2 Å². The van der Waals surface area contributed by atoms with Gasteiger partial charge < -0.3 is 14.8 Å². The van der Waals surface area contributed by atoms with Crippen LogP contribution in [0.4, 0.5) is 4.39 Å². The van der Waals surface area contributed by atoms with E-state index in [0.29, 0.717) is 24.8 Å². The molecule has 0 spiro atoms. The van der Waals surface area contributed by atoms with E-state index in [1.165, 1.54) is 6.07 Å². The standard InChI is InChI=1S/C17H28FNO2/c1-13(2)11-19-12-14-8-15(18)10-16(9-14)21-7-6-17(3,4)20-5/h8-10,13,19H,6-7,11-12H2,1-5H3. The Labute approximate surface area is 127 Å². The van der Waals surface area contributed by atoms with Gasteiger partial charge >= 0.3 is 0 Å². The van der Waals surface area contributed by atoms with Gasteiger partial charge in [-0.2, -0.15) is 0 Å². The predicted molar refractivity (Wildman–Crippen MR) is 84.1 cm³/mol. The van der Waals surface area contributed by atoms with Crippen molar-refractivity contribution in [2.24, 2.45) is 5.92 Å². The smallest absolute Gasteiger partial charge is 0.127 e. The summed E-state index contributed by atoms with van der Waals surface area (Å²) in [6, 6.07) is 4.85. The van der Waals surface area contributed by atoms with Crippen LogP contribution in [0.5, 0.6) is 5.75 Å². The molecule has 0 bridgehead atoms. The third-order valence-corrected chi connectivity index (χ3v) is 3.34. The number of halogens is 1. The number of methoxy groups -OCH3 is 1. The largest absolute Gasteiger partial charge is 0.493 e. The lowest BCUT2D eigenvalue weighted by atomic mass is 10.1. The highest BCUT2D eigenvalue weighted by Gasteiger charge is 2.16. The summed E-state index contributed by atoms with van der Waals surface area (Å²) in [6.45, 7) is 10.4. The van der Waals surface area contributed by atoms with Gasteiger partial charge in [-0.05, 0) is 44.0 Å². The van der Waals surface area contributed by atoms with Crippen LogP contribution in [0.1, 0.15) is 39.7 Å². The first-order valence-corrected chi connectivity index (χ1v) is 7.50. The molecule has 0 radical (unpaired) electrons. The molecule has 3 nitrogen and oxygen atoms in total. The lowest BCUT2D eigenvalue weighted by Gasteiger charge is -2.22. The first-order chi connectivity index (χ1) is 9.82. The molecule has 0 aliphatic rings. The molecule has 1 rings (SSSR count). The molecule has 21 heavy (non-hydrogen) atoms. The van der Waals surface area contributed by atoms with E-state index < -0.39 is 0 Å². The zero-order chi connectivity index (χ0) is 15.9. The summed E-state index contributed by atoms with van der Waals surface area (Å²) in [5, 5.41) is 3.30. The molecule has 0 atom stereocenters. The van der Waals surface area contributed by atoms with E-state index in [9.17, 15) is 4.39 Å². The van der Waals surface area contributed by atoms with Crippen molar-refractivity contribution >= 4 is 0 Å². The van der Waals surface area contributed by atoms with Crippen LogP contribution < -0.4 is 10.1 Å². The highest BCUT2D eigenvalue weighted by atomic mass is 19.1. The molecule has 1 N–H and O–H groups in total. The molecular formula is C17H28FNO2. The van der Waals surface area contributed by atoms with Crippen LogP contribution in [0.25, 0.3) is 0 Å². The molecule has 4 heteroatoms. The molecule has 0 aliphatic carbocycles. The average molecular weight is 297 g/mol. The van der Waals surface area contributed by atoms with E-state index in [0.717, 1.165) is 18.5 Å². The summed E-state index contributed by atoms with van der Waals surface area (Å²) >= 11 is 0. The van der Waals surface area contributed by atoms with E-state index in [2.05, 4.69) is 19.2 Å². The summed E-state index contributed by atoms with van der Waals surface area (Å²) in [5.41, 5.74) is 0.672. The molecule has 0 unspecified atom stereocenters. The Bertz CT molecular complexity index is 433. The van der Waals surface area contributed by atoms with Crippen molar-refractivity contribution in [2.45, 2.75) is 46.3 Å². The van der Waals surface area contributed by atoms with E-state index in [-0.39, 0.29) is 11.4 Å². The highest BCUT2D eigenvalue weighted by Crippen LogP contribution is 2.19. The lowest BCUT2D eigenvalue weighted by Crippen LogP contribution is -2.25. The van der Waals surface area contributed by atoms with Crippen LogP contribution >= 0.6 is 0 Å². The van der Waals surface area contributed by atoms with E-state index >= 15 is 0 Å². The molecule has 1 aromatic rings. The number of ether oxygens (including phenoxy) is 2. The van der Waals surface area contributed by atoms with E-state index in [1.807, 2.05) is 19.9 Å². The molecule has 0 amide bonds. The minimum atomic E-state index is -0.264. The number of hydrogen-bond donors (Lipinski definition) is 1. The fourth-order valence-electron chi connectivity index (χ4n) is 1.83. The second-order valence-corrected chi connectivity index (χ2v) is 6.38. The van der Waals surface area contributed by atoms with Gasteiger partial charge in [-0.1, -0.05) is 13.8 Å². The lowest BCUT2D eigenvalue weighted by molar-refractivity contribution is 0.00543. The number of rotatable bonds is 9. The summed E-state index contributed by atoms with van der Waals surface area (Å²) in [4.78, 5) is 0. The van der Waals surface area contributed by atoms with Crippen molar-refractivity contribution in [3.8, 4) is 5.75 Å². The quantitative estimate of drug-likeness (QED) is 0.752. The van der Waals surface area contributed by atoms with Crippen molar-refractivity contribution in [3.05, 3.63) is 29.6 Å². The first-order valence-electron chi connectivity index (χ1n) is 7.50. The maximum absolute atomic E-state index is 13.6. The second kappa shape index (κ2) is 8.35. The van der Waals surface area contributed by atoms with Crippen molar-refractivity contribution < 1.29 is 13.9 Å². The van der Waals surface area contributed by atoms with E-state index in [1.54, 1.807) is 13.2 Å². The third kappa shape index (κ3) is 7.44. The van der Waals surface area contributed by atoms with E-state index in [4.69, 9.17) is 9.47 Å². The van der Waals surface area contributed by atoms with Crippen LogP contribution in [-0.2, 0) is 11.3 Å². The predicted octanol–water partition coefficient (Wildman–Crippen LogP) is 3.77. The number of hydrogen-bond acceptors (Lipinski definition) is 3. The Balaban J connectivity index is 2.52. The molecule has 0 aromatic heterocycles. The maximum atomic E-state index is 13.6. The van der Waals surface area contributed by atoms with Gasteiger partial charge in [-0.3, -0.25) is 0 Å². The third-order valence-electron chi connectivity index (χ3n) is 3.34.